The molecule has 1 aliphatic rings. The molecule has 30 heavy (non-hydrogen) atoms. The Morgan fingerprint density at radius 3 is 2.57 bits per heavy atom. The van der Waals surface area contributed by atoms with Gasteiger partial charge in [-0.05, 0) is 33.6 Å². The molecule has 164 valence electrons. The second-order valence-electron chi connectivity index (χ2n) is 7.64. The lowest BCUT2D eigenvalue weighted by atomic mass is 9.96. The third-order valence-corrected chi connectivity index (χ3v) is 5.81. The number of likely N-dealkylation sites (tertiary alicyclic amines) is 1. The number of aryl methyl sites for hydroxylation is 1. The van der Waals surface area contributed by atoms with Crippen LogP contribution in [0.15, 0.2) is 15.9 Å². The standard InChI is InChI=1S/C20H30N6O4/c1-5-25-18(22-26(20(25)29)10-11-30-4)16-6-8-23(9-7-16)17(27)12-24-13-21-15(3)14(2)19(24)28/h13,16H,5-12H2,1-4H3. The first-order chi connectivity index (χ1) is 14.4. The number of aromatic nitrogens is 5. The predicted molar refractivity (Wildman–Crippen MR) is 111 cm³/mol. The van der Waals surface area contributed by atoms with Crippen LogP contribution in [0, 0.1) is 13.8 Å². The molecule has 0 saturated carbocycles. The maximum atomic E-state index is 12.7. The number of rotatable bonds is 7. The molecule has 1 fully saturated rings. The predicted octanol–water partition coefficient (Wildman–Crippen LogP) is 0.291. The van der Waals surface area contributed by atoms with Gasteiger partial charge in [-0.1, -0.05) is 0 Å². The SMILES string of the molecule is CCn1c(C2CCN(C(=O)Cn3cnc(C)c(C)c3=O)CC2)nn(CCOC)c1=O. The molecule has 1 saturated heterocycles. The highest BCUT2D eigenvalue weighted by atomic mass is 16.5. The summed E-state index contributed by atoms with van der Waals surface area (Å²) in [6, 6.07) is 0. The topological polar surface area (TPSA) is 104 Å². The van der Waals surface area contributed by atoms with Crippen molar-refractivity contribution in [3.63, 3.8) is 0 Å². The molecular weight excluding hydrogens is 388 g/mol. The number of hydrogen-bond acceptors (Lipinski definition) is 6. The van der Waals surface area contributed by atoms with Crippen LogP contribution in [0.4, 0.5) is 0 Å². The summed E-state index contributed by atoms with van der Waals surface area (Å²) in [7, 11) is 1.59. The van der Waals surface area contributed by atoms with Crippen LogP contribution >= 0.6 is 0 Å². The number of methoxy groups -OCH3 is 1. The molecule has 1 aliphatic heterocycles. The average Bonchev–Trinajstić information content (AvgIpc) is 3.08. The minimum Gasteiger partial charge on any atom is -0.383 e. The van der Waals surface area contributed by atoms with E-state index in [1.54, 1.807) is 30.4 Å². The summed E-state index contributed by atoms with van der Waals surface area (Å²) >= 11 is 0. The van der Waals surface area contributed by atoms with Crippen LogP contribution in [0.5, 0.6) is 0 Å². The Hall–Kier alpha value is -2.75. The van der Waals surface area contributed by atoms with E-state index >= 15 is 0 Å². The number of carbonyl (C=O) groups excluding carboxylic acids is 1. The van der Waals surface area contributed by atoms with Gasteiger partial charge in [0.25, 0.3) is 5.56 Å². The molecule has 0 atom stereocenters. The van der Waals surface area contributed by atoms with Gasteiger partial charge in [-0.25, -0.2) is 14.5 Å². The van der Waals surface area contributed by atoms with Crippen molar-refractivity contribution in [2.24, 2.45) is 0 Å². The molecule has 3 heterocycles. The highest BCUT2D eigenvalue weighted by molar-refractivity contribution is 5.76. The van der Waals surface area contributed by atoms with E-state index in [0.717, 1.165) is 18.7 Å². The molecule has 0 unspecified atom stereocenters. The number of piperidine rings is 1. The van der Waals surface area contributed by atoms with E-state index in [1.807, 2.05) is 6.92 Å². The highest BCUT2D eigenvalue weighted by Crippen LogP contribution is 2.26. The molecule has 1 amide bonds. The van der Waals surface area contributed by atoms with E-state index in [4.69, 9.17) is 4.74 Å². The van der Waals surface area contributed by atoms with E-state index in [2.05, 4.69) is 10.1 Å². The van der Waals surface area contributed by atoms with Gasteiger partial charge in [0, 0.05) is 43.9 Å². The fourth-order valence-electron chi connectivity index (χ4n) is 3.80. The second kappa shape index (κ2) is 9.38. The van der Waals surface area contributed by atoms with E-state index in [0.29, 0.717) is 44.0 Å². The Balaban J connectivity index is 1.66. The molecule has 3 rings (SSSR count). The number of ether oxygens (including phenoxy) is 1. The Kier molecular flexibility index (Phi) is 6.86. The Labute approximate surface area is 175 Å². The molecule has 0 aromatic carbocycles. The largest absolute Gasteiger partial charge is 0.383 e. The first kappa shape index (κ1) is 21.9. The van der Waals surface area contributed by atoms with Gasteiger partial charge in [-0.3, -0.25) is 18.7 Å². The van der Waals surface area contributed by atoms with Crippen molar-refractivity contribution >= 4 is 5.91 Å². The summed E-state index contributed by atoms with van der Waals surface area (Å²) in [4.78, 5) is 43.5. The minimum absolute atomic E-state index is 0.0110. The van der Waals surface area contributed by atoms with E-state index in [1.165, 1.54) is 15.6 Å². The Morgan fingerprint density at radius 1 is 1.23 bits per heavy atom. The van der Waals surface area contributed by atoms with Crippen molar-refractivity contribution in [3.05, 3.63) is 44.2 Å². The maximum Gasteiger partial charge on any atom is 0.345 e. The van der Waals surface area contributed by atoms with Crippen molar-refractivity contribution in [1.82, 2.24) is 28.8 Å². The van der Waals surface area contributed by atoms with Crippen molar-refractivity contribution < 1.29 is 9.53 Å². The number of carbonyl (C=O) groups is 1. The average molecular weight is 418 g/mol. The fourth-order valence-corrected chi connectivity index (χ4v) is 3.80. The smallest absolute Gasteiger partial charge is 0.345 e. The lowest BCUT2D eigenvalue weighted by Gasteiger charge is -2.31. The summed E-state index contributed by atoms with van der Waals surface area (Å²) in [5.74, 6) is 0.802. The molecule has 0 N–H and O–H groups in total. The van der Waals surface area contributed by atoms with Gasteiger partial charge in [-0.15, -0.1) is 0 Å². The van der Waals surface area contributed by atoms with Crippen molar-refractivity contribution in [2.45, 2.75) is 59.2 Å². The summed E-state index contributed by atoms with van der Waals surface area (Å²) in [6.45, 7) is 7.97. The van der Waals surface area contributed by atoms with Gasteiger partial charge in [-0.2, -0.15) is 5.10 Å². The zero-order valence-corrected chi connectivity index (χ0v) is 18.1. The molecule has 0 spiro atoms. The van der Waals surface area contributed by atoms with Gasteiger partial charge in [0.05, 0.1) is 19.5 Å². The monoisotopic (exact) mass is 418 g/mol. The first-order valence-corrected chi connectivity index (χ1v) is 10.3. The molecule has 10 heteroatoms. The van der Waals surface area contributed by atoms with Gasteiger partial charge in [0.15, 0.2) is 0 Å². The van der Waals surface area contributed by atoms with E-state index < -0.39 is 0 Å². The number of hydrogen-bond donors (Lipinski definition) is 0. The molecule has 2 aromatic heterocycles. The molecule has 0 aliphatic carbocycles. The number of nitrogens with zero attached hydrogens (tertiary/aromatic N) is 6. The van der Waals surface area contributed by atoms with Gasteiger partial charge < -0.3 is 9.64 Å². The van der Waals surface area contributed by atoms with Crippen LogP contribution in [0.25, 0.3) is 0 Å². The maximum absolute atomic E-state index is 12.7. The highest BCUT2D eigenvalue weighted by Gasteiger charge is 2.28. The van der Waals surface area contributed by atoms with Crippen molar-refractivity contribution in [3.8, 4) is 0 Å². The van der Waals surface area contributed by atoms with Crippen LogP contribution in [0.1, 0.15) is 42.8 Å². The van der Waals surface area contributed by atoms with Crippen LogP contribution in [0.2, 0.25) is 0 Å². The minimum atomic E-state index is -0.181. The van der Waals surface area contributed by atoms with Crippen molar-refractivity contribution in [1.29, 1.82) is 0 Å². The normalized spacial score (nSPS) is 15.0. The molecule has 10 nitrogen and oxygen atoms in total. The van der Waals surface area contributed by atoms with Crippen LogP contribution in [0.3, 0.4) is 0 Å². The summed E-state index contributed by atoms with van der Waals surface area (Å²) in [5.41, 5.74) is 0.936. The summed E-state index contributed by atoms with van der Waals surface area (Å²) < 4.78 is 9.59. The van der Waals surface area contributed by atoms with Crippen LogP contribution in [-0.2, 0) is 29.2 Å². The zero-order chi connectivity index (χ0) is 21.8. The number of amides is 1. The molecular formula is C20H30N6O4. The Bertz CT molecular complexity index is 1010. The summed E-state index contributed by atoms with van der Waals surface area (Å²) in [6.07, 6.45) is 2.89. The van der Waals surface area contributed by atoms with Gasteiger partial charge in [0.2, 0.25) is 5.91 Å². The third-order valence-electron chi connectivity index (χ3n) is 5.81. The van der Waals surface area contributed by atoms with Crippen LogP contribution in [-0.4, -0.2) is 61.5 Å². The third kappa shape index (κ3) is 4.38. The lowest BCUT2D eigenvalue weighted by Crippen LogP contribution is -2.42. The summed E-state index contributed by atoms with van der Waals surface area (Å²) in [5, 5.41) is 4.54. The Morgan fingerprint density at radius 2 is 1.93 bits per heavy atom. The molecule has 0 bridgehead atoms. The molecule has 0 radical (unpaired) electrons. The fraction of sp³-hybridized carbons (Fsp3) is 0.650. The van der Waals surface area contributed by atoms with Gasteiger partial charge in [0.1, 0.15) is 12.4 Å². The first-order valence-electron chi connectivity index (χ1n) is 10.3. The van der Waals surface area contributed by atoms with Gasteiger partial charge >= 0.3 is 5.69 Å². The van der Waals surface area contributed by atoms with Crippen molar-refractivity contribution in [2.75, 3.05) is 26.8 Å². The van der Waals surface area contributed by atoms with E-state index in [-0.39, 0.29) is 29.6 Å². The van der Waals surface area contributed by atoms with Crippen LogP contribution < -0.4 is 11.2 Å². The quantitative estimate of drug-likeness (QED) is 0.640. The lowest BCUT2D eigenvalue weighted by molar-refractivity contribution is -0.133. The molecule has 2 aromatic rings. The zero-order valence-electron chi connectivity index (χ0n) is 18.1. The van der Waals surface area contributed by atoms with E-state index in [9.17, 15) is 14.4 Å². The second-order valence-corrected chi connectivity index (χ2v) is 7.64.